The minimum Gasteiger partial charge on any atom is -0.387 e. The molecule has 2 unspecified atom stereocenters. The molecule has 1 aromatic carbocycles. The van der Waals surface area contributed by atoms with E-state index in [0.29, 0.717) is 5.56 Å². The molecule has 0 spiro atoms. The fourth-order valence-corrected chi connectivity index (χ4v) is 6.24. The van der Waals surface area contributed by atoms with Crippen LogP contribution in [0.1, 0.15) is 56.0 Å². The average Bonchev–Trinajstić information content (AvgIpc) is 3.00. The molecular formula is C21H26FNOS. The lowest BCUT2D eigenvalue weighted by Gasteiger charge is -2.55. The number of halogens is 1. The highest BCUT2D eigenvalue weighted by atomic mass is 32.1. The zero-order valence-electron chi connectivity index (χ0n) is 15.6. The fraction of sp³-hybridized carbons (Fsp3) is 0.524. The molecular weight excluding hydrogens is 333 g/mol. The number of aryl methyl sites for hydroxylation is 2. The summed E-state index contributed by atoms with van der Waals surface area (Å²) in [5, 5.41) is 15.0. The molecule has 0 amide bonds. The lowest BCUT2D eigenvalue weighted by atomic mass is 9.60. The molecule has 2 heterocycles. The van der Waals surface area contributed by atoms with Crippen molar-refractivity contribution in [3.8, 4) is 10.4 Å². The van der Waals surface area contributed by atoms with E-state index >= 15 is 0 Å². The molecule has 2 nitrogen and oxygen atoms in total. The topological polar surface area (TPSA) is 32.3 Å². The van der Waals surface area contributed by atoms with Gasteiger partial charge in [-0.1, -0.05) is 6.92 Å². The van der Waals surface area contributed by atoms with Crippen molar-refractivity contribution in [1.29, 1.82) is 0 Å². The van der Waals surface area contributed by atoms with Gasteiger partial charge in [0.1, 0.15) is 5.82 Å². The van der Waals surface area contributed by atoms with Crippen LogP contribution in [-0.2, 0) is 5.41 Å². The minimum atomic E-state index is -0.831. The van der Waals surface area contributed by atoms with Crippen LogP contribution in [0.15, 0.2) is 18.2 Å². The summed E-state index contributed by atoms with van der Waals surface area (Å²) in [7, 11) is 0. The molecule has 0 saturated heterocycles. The SMILES string of the molecule is Cc1cc(C)c(-c2cc3c(cc2F)NC(C)(C)C2(O)CCCC32C)s1. The van der Waals surface area contributed by atoms with E-state index in [4.69, 9.17) is 0 Å². The third kappa shape index (κ3) is 2.10. The largest absolute Gasteiger partial charge is 0.387 e. The van der Waals surface area contributed by atoms with Crippen molar-refractivity contribution in [1.82, 2.24) is 0 Å². The Balaban J connectivity index is 1.97. The first-order chi connectivity index (χ1) is 11.6. The van der Waals surface area contributed by atoms with Crippen LogP contribution in [0.4, 0.5) is 10.1 Å². The summed E-state index contributed by atoms with van der Waals surface area (Å²) in [6, 6.07) is 5.72. The first-order valence-electron chi connectivity index (χ1n) is 9.01. The van der Waals surface area contributed by atoms with Crippen LogP contribution in [0.25, 0.3) is 10.4 Å². The maximum absolute atomic E-state index is 15.0. The molecule has 0 radical (unpaired) electrons. The van der Waals surface area contributed by atoms with Crippen molar-refractivity contribution in [3.63, 3.8) is 0 Å². The summed E-state index contributed by atoms with van der Waals surface area (Å²) < 4.78 is 15.0. The fourth-order valence-electron chi connectivity index (χ4n) is 5.20. The number of aliphatic hydroxyl groups is 1. The number of anilines is 1. The molecule has 1 aliphatic carbocycles. The van der Waals surface area contributed by atoms with Gasteiger partial charge < -0.3 is 10.4 Å². The predicted octanol–water partition coefficient (Wildman–Crippen LogP) is 5.55. The molecule has 2 aliphatic rings. The van der Waals surface area contributed by atoms with Crippen LogP contribution in [0, 0.1) is 19.7 Å². The van der Waals surface area contributed by atoms with Gasteiger partial charge in [-0.15, -0.1) is 11.3 Å². The first kappa shape index (κ1) is 17.0. The number of hydrogen-bond acceptors (Lipinski definition) is 3. The Bertz CT molecular complexity index is 871. The number of nitrogens with one attached hydrogen (secondary N) is 1. The molecule has 1 fully saturated rings. The van der Waals surface area contributed by atoms with E-state index in [0.717, 1.165) is 41.0 Å². The van der Waals surface area contributed by atoms with Crippen LogP contribution in [0.5, 0.6) is 0 Å². The lowest BCUT2D eigenvalue weighted by Crippen LogP contribution is -2.65. The van der Waals surface area contributed by atoms with Crippen LogP contribution in [0.3, 0.4) is 0 Å². The maximum Gasteiger partial charge on any atom is 0.133 e. The molecule has 4 heteroatoms. The van der Waals surface area contributed by atoms with Gasteiger partial charge in [-0.05, 0) is 76.3 Å². The molecule has 2 atom stereocenters. The lowest BCUT2D eigenvalue weighted by molar-refractivity contribution is -0.0628. The van der Waals surface area contributed by atoms with Crippen LogP contribution < -0.4 is 5.32 Å². The molecule has 2 aromatic rings. The summed E-state index contributed by atoms with van der Waals surface area (Å²) in [5.41, 5.74) is 1.96. The zero-order chi connectivity index (χ0) is 18.2. The van der Waals surface area contributed by atoms with Crippen molar-refractivity contribution in [2.24, 2.45) is 0 Å². The second kappa shape index (κ2) is 5.08. The van der Waals surface area contributed by atoms with Crippen molar-refractivity contribution in [2.45, 2.75) is 70.4 Å². The maximum atomic E-state index is 15.0. The minimum absolute atomic E-state index is 0.195. The van der Waals surface area contributed by atoms with E-state index in [1.54, 1.807) is 17.4 Å². The van der Waals surface area contributed by atoms with Gasteiger partial charge in [0.05, 0.1) is 11.1 Å². The van der Waals surface area contributed by atoms with E-state index < -0.39 is 11.1 Å². The quantitative estimate of drug-likeness (QED) is 0.700. The molecule has 4 rings (SSSR count). The number of hydrogen-bond donors (Lipinski definition) is 2. The van der Waals surface area contributed by atoms with Crippen LogP contribution in [-0.4, -0.2) is 16.2 Å². The standard InChI is InChI=1S/C21H26FNOS/c1-12-9-13(2)25-18(12)14-10-15-17(11-16(14)22)23-19(3,4)21(24)8-6-7-20(15,21)5/h9-11,23-24H,6-8H2,1-5H3. The smallest absolute Gasteiger partial charge is 0.133 e. The normalized spacial score (nSPS) is 29.9. The van der Waals surface area contributed by atoms with E-state index in [1.807, 2.05) is 26.8 Å². The Morgan fingerprint density at radius 2 is 1.84 bits per heavy atom. The number of thiophene rings is 1. The summed E-state index contributed by atoms with van der Waals surface area (Å²) >= 11 is 1.63. The van der Waals surface area contributed by atoms with Crippen molar-refractivity contribution >= 4 is 17.0 Å². The first-order valence-corrected chi connectivity index (χ1v) is 9.83. The van der Waals surface area contributed by atoms with Gasteiger partial charge in [0, 0.05) is 26.4 Å². The predicted molar refractivity (Wildman–Crippen MR) is 103 cm³/mol. The Labute approximate surface area is 153 Å². The van der Waals surface area contributed by atoms with Crippen molar-refractivity contribution in [2.75, 3.05) is 5.32 Å². The van der Waals surface area contributed by atoms with Gasteiger partial charge in [-0.25, -0.2) is 4.39 Å². The molecule has 2 N–H and O–H groups in total. The second-order valence-corrected chi connectivity index (χ2v) is 9.80. The van der Waals surface area contributed by atoms with Crippen LogP contribution in [0.2, 0.25) is 0 Å². The number of rotatable bonds is 1. The molecule has 1 aromatic heterocycles. The van der Waals surface area contributed by atoms with Gasteiger partial charge in [0.2, 0.25) is 0 Å². The van der Waals surface area contributed by atoms with Gasteiger partial charge in [0.15, 0.2) is 0 Å². The highest BCUT2D eigenvalue weighted by molar-refractivity contribution is 7.15. The van der Waals surface area contributed by atoms with E-state index in [2.05, 4.69) is 25.2 Å². The molecule has 1 aliphatic heterocycles. The van der Waals surface area contributed by atoms with Gasteiger partial charge in [-0.2, -0.15) is 0 Å². The monoisotopic (exact) mass is 359 g/mol. The van der Waals surface area contributed by atoms with Crippen LogP contribution >= 0.6 is 11.3 Å². The summed E-state index contributed by atoms with van der Waals surface area (Å²) in [6.07, 6.45) is 2.68. The van der Waals surface area contributed by atoms with E-state index in [1.165, 1.54) is 4.88 Å². The Morgan fingerprint density at radius 1 is 1.12 bits per heavy atom. The van der Waals surface area contributed by atoms with E-state index in [9.17, 15) is 9.50 Å². The number of fused-ring (bicyclic) bond motifs is 3. The summed E-state index contributed by atoms with van der Waals surface area (Å²) in [6.45, 7) is 10.3. The molecule has 25 heavy (non-hydrogen) atoms. The van der Waals surface area contributed by atoms with Gasteiger partial charge in [0.25, 0.3) is 0 Å². The van der Waals surface area contributed by atoms with Crippen molar-refractivity contribution < 1.29 is 9.50 Å². The molecule has 1 saturated carbocycles. The Kier molecular flexibility index (Phi) is 3.46. The highest BCUT2D eigenvalue weighted by Crippen LogP contribution is 2.59. The van der Waals surface area contributed by atoms with E-state index in [-0.39, 0.29) is 11.2 Å². The highest BCUT2D eigenvalue weighted by Gasteiger charge is 2.62. The number of benzene rings is 1. The summed E-state index contributed by atoms with van der Waals surface area (Å²) in [4.78, 5) is 2.18. The van der Waals surface area contributed by atoms with Gasteiger partial charge in [-0.3, -0.25) is 0 Å². The third-order valence-corrected chi connectivity index (χ3v) is 7.78. The Hall–Kier alpha value is -1.39. The third-order valence-electron chi connectivity index (χ3n) is 6.60. The van der Waals surface area contributed by atoms with Gasteiger partial charge >= 0.3 is 0 Å². The second-order valence-electron chi connectivity index (χ2n) is 8.54. The summed E-state index contributed by atoms with van der Waals surface area (Å²) in [5.74, 6) is -0.195. The average molecular weight is 360 g/mol. The Morgan fingerprint density at radius 3 is 2.48 bits per heavy atom. The zero-order valence-corrected chi connectivity index (χ0v) is 16.4. The molecule has 134 valence electrons. The molecule has 0 bridgehead atoms. The van der Waals surface area contributed by atoms with Crippen molar-refractivity contribution in [3.05, 3.63) is 40.0 Å².